The Morgan fingerprint density at radius 3 is 2.23 bits per heavy atom. The first-order valence-corrected chi connectivity index (χ1v) is 19.9. The second-order valence-corrected chi connectivity index (χ2v) is 16.7. The van der Waals surface area contributed by atoms with Crippen molar-refractivity contribution < 1.29 is 24.1 Å². The number of methoxy groups -OCH3 is 1. The van der Waals surface area contributed by atoms with Gasteiger partial charge in [0.05, 0.1) is 25.9 Å². The molecule has 52 heavy (non-hydrogen) atoms. The van der Waals surface area contributed by atoms with Gasteiger partial charge in [-0.25, -0.2) is 4.79 Å². The number of urea groups is 1. The fourth-order valence-corrected chi connectivity index (χ4v) is 10.9. The van der Waals surface area contributed by atoms with Crippen LogP contribution in [0.3, 0.4) is 0 Å². The van der Waals surface area contributed by atoms with Crippen molar-refractivity contribution in [3.05, 3.63) is 119 Å². The molecule has 5 aliphatic rings. The van der Waals surface area contributed by atoms with E-state index < -0.39 is 6.29 Å². The van der Waals surface area contributed by atoms with E-state index in [-0.39, 0.29) is 36.3 Å². The summed E-state index contributed by atoms with van der Waals surface area (Å²) in [7, 11) is 1.70. The van der Waals surface area contributed by atoms with Gasteiger partial charge in [0, 0.05) is 34.2 Å². The van der Waals surface area contributed by atoms with Crippen LogP contribution in [0.25, 0.3) is 11.1 Å². The zero-order chi connectivity index (χ0) is 35.7. The average molecular weight is 719 g/mol. The lowest BCUT2D eigenvalue weighted by Gasteiger charge is -2.56. The van der Waals surface area contributed by atoms with Gasteiger partial charge in [-0.05, 0) is 108 Å². The van der Waals surface area contributed by atoms with Crippen LogP contribution in [0, 0.1) is 23.7 Å². The molecule has 2 amide bonds. The Labute approximate surface area is 311 Å². The summed E-state index contributed by atoms with van der Waals surface area (Å²) in [6.07, 6.45) is 6.64. The molecular formula is C44H50N2O5S. The zero-order valence-electron chi connectivity index (χ0n) is 30.1. The highest BCUT2D eigenvalue weighted by atomic mass is 32.2. The summed E-state index contributed by atoms with van der Waals surface area (Å²) in [5.41, 5.74) is 6.08. The van der Waals surface area contributed by atoms with Gasteiger partial charge in [-0.1, -0.05) is 79.7 Å². The molecule has 8 heteroatoms. The fourth-order valence-electron chi connectivity index (χ4n) is 9.68. The van der Waals surface area contributed by atoms with Gasteiger partial charge >= 0.3 is 6.03 Å². The summed E-state index contributed by atoms with van der Waals surface area (Å²) < 4.78 is 19.2. The van der Waals surface area contributed by atoms with E-state index in [1.807, 2.05) is 30.3 Å². The number of thioether (sulfide) groups is 1. The van der Waals surface area contributed by atoms with Crippen LogP contribution < -0.4 is 15.4 Å². The molecule has 0 radical (unpaired) electrons. The number of ether oxygens (including phenoxy) is 3. The van der Waals surface area contributed by atoms with Gasteiger partial charge in [0.15, 0.2) is 6.29 Å². The molecule has 4 aromatic carbocycles. The second kappa shape index (κ2) is 15.3. The Hall–Kier alpha value is -3.82. The van der Waals surface area contributed by atoms with Gasteiger partial charge in [-0.3, -0.25) is 0 Å². The number of aliphatic hydroxyl groups excluding tert-OH is 1. The molecule has 4 saturated carbocycles. The Kier molecular flexibility index (Phi) is 10.3. The van der Waals surface area contributed by atoms with Crippen LogP contribution >= 0.6 is 11.8 Å². The quantitative estimate of drug-likeness (QED) is 0.134. The first kappa shape index (κ1) is 35.2. The van der Waals surface area contributed by atoms with E-state index in [0.29, 0.717) is 6.54 Å². The number of nitrogens with one attached hydrogen (secondary N) is 2. The van der Waals surface area contributed by atoms with Crippen LogP contribution in [0.4, 0.5) is 4.79 Å². The normalized spacial score (nSPS) is 29.1. The van der Waals surface area contributed by atoms with Crippen molar-refractivity contribution in [3.63, 3.8) is 0 Å². The van der Waals surface area contributed by atoms with Crippen molar-refractivity contribution in [3.8, 4) is 16.9 Å². The Balaban J connectivity index is 0.973. The van der Waals surface area contributed by atoms with Crippen LogP contribution in [0.15, 0.2) is 102 Å². The van der Waals surface area contributed by atoms with E-state index in [1.54, 1.807) is 18.9 Å². The molecule has 9 rings (SSSR count). The molecule has 4 aromatic rings. The second-order valence-electron chi connectivity index (χ2n) is 15.6. The molecule has 272 valence electrons. The maximum atomic E-state index is 13.2. The maximum absolute atomic E-state index is 13.2. The molecule has 1 saturated heterocycles. The summed E-state index contributed by atoms with van der Waals surface area (Å²) in [5.74, 6) is 4.04. The molecule has 0 spiro atoms. The smallest absolute Gasteiger partial charge is 0.315 e. The van der Waals surface area contributed by atoms with E-state index in [0.717, 1.165) is 86.8 Å². The molecule has 4 atom stereocenters. The number of rotatable bonds is 11. The molecule has 4 bridgehead atoms. The number of benzene rings is 4. The van der Waals surface area contributed by atoms with Gasteiger partial charge in [0.1, 0.15) is 5.75 Å². The highest BCUT2D eigenvalue weighted by Gasteiger charge is 2.51. The lowest BCUT2D eigenvalue weighted by atomic mass is 9.53. The predicted molar refractivity (Wildman–Crippen MR) is 205 cm³/mol. The van der Waals surface area contributed by atoms with Crippen molar-refractivity contribution in [1.82, 2.24) is 10.6 Å². The third kappa shape index (κ3) is 7.63. The molecular weight excluding hydrogens is 669 g/mol. The summed E-state index contributed by atoms with van der Waals surface area (Å²) in [6, 6.07) is 32.9. The first-order valence-electron chi connectivity index (χ1n) is 18.9. The van der Waals surface area contributed by atoms with Crippen molar-refractivity contribution in [2.75, 3.05) is 12.9 Å². The minimum atomic E-state index is -0.569. The van der Waals surface area contributed by atoms with E-state index >= 15 is 0 Å². The highest BCUT2D eigenvalue weighted by Crippen LogP contribution is 2.55. The van der Waals surface area contributed by atoms with Gasteiger partial charge < -0.3 is 30.0 Å². The van der Waals surface area contributed by atoms with Crippen LogP contribution in [-0.4, -0.2) is 35.6 Å². The Morgan fingerprint density at radius 1 is 0.827 bits per heavy atom. The number of aliphatic hydroxyl groups is 1. The summed E-state index contributed by atoms with van der Waals surface area (Å²) >= 11 is 1.73. The van der Waals surface area contributed by atoms with Gasteiger partial charge in [0.2, 0.25) is 0 Å². The lowest BCUT2D eigenvalue weighted by Crippen LogP contribution is -2.61. The third-order valence-electron chi connectivity index (χ3n) is 11.9. The summed E-state index contributed by atoms with van der Waals surface area (Å²) in [5, 5.41) is 16.3. The monoisotopic (exact) mass is 718 g/mol. The third-order valence-corrected chi connectivity index (χ3v) is 13.0. The topological polar surface area (TPSA) is 89.1 Å². The Bertz CT molecular complexity index is 1830. The van der Waals surface area contributed by atoms with Crippen LogP contribution in [0.1, 0.15) is 80.1 Å². The van der Waals surface area contributed by atoms with Crippen molar-refractivity contribution in [2.45, 2.75) is 87.5 Å². The van der Waals surface area contributed by atoms with E-state index in [1.165, 1.54) is 19.3 Å². The van der Waals surface area contributed by atoms with Gasteiger partial charge in [-0.15, -0.1) is 11.8 Å². The highest BCUT2D eigenvalue weighted by molar-refractivity contribution is 7.99. The first-order chi connectivity index (χ1) is 25.4. The fraction of sp³-hybridized carbons (Fsp3) is 0.432. The molecule has 7 nitrogen and oxygen atoms in total. The number of carbonyl (C=O) groups excluding carboxylic acids is 1. The Morgan fingerprint density at radius 2 is 1.52 bits per heavy atom. The molecule has 0 aromatic heterocycles. The lowest BCUT2D eigenvalue weighted by molar-refractivity contribution is -0.268. The molecule has 3 N–H and O–H groups in total. The maximum Gasteiger partial charge on any atom is 0.315 e. The van der Waals surface area contributed by atoms with Gasteiger partial charge in [-0.2, -0.15) is 0 Å². The van der Waals surface area contributed by atoms with Crippen molar-refractivity contribution >= 4 is 17.8 Å². The largest absolute Gasteiger partial charge is 0.496 e. The number of amides is 2. The van der Waals surface area contributed by atoms with E-state index in [2.05, 4.69) is 84.3 Å². The van der Waals surface area contributed by atoms with Crippen LogP contribution in [0.5, 0.6) is 5.75 Å². The SMILES string of the molecule is COc1ccccc1SCC1OC(c2cccc(-c3cccc(CNC(=O)NC45CC6CC(CC(C6)C4)C5)c3)c2)OC(c2ccc(CO)cc2)C1C. The van der Waals surface area contributed by atoms with Crippen LogP contribution in [-0.2, 0) is 22.6 Å². The molecule has 1 heterocycles. The standard InChI is InChI=1S/C44H50N2O5S/c1-28-39(27-52-40-12-4-3-11-38(40)49-2)50-42(51-41(28)34-15-13-29(26-47)14-16-34)37-10-6-9-36(21-37)35-8-5-7-30(20-35)25-45-43(48)46-44-22-31-17-32(23-44)19-33(18-31)24-44/h3-16,20-21,28,31-33,39,41-42,47H,17-19,22-27H2,1-2H3,(H2,45,46,48). The molecule has 1 aliphatic heterocycles. The molecule has 4 aliphatic carbocycles. The minimum Gasteiger partial charge on any atom is -0.496 e. The molecule has 5 fully saturated rings. The van der Waals surface area contributed by atoms with Crippen LogP contribution in [0.2, 0.25) is 0 Å². The number of para-hydroxylation sites is 1. The summed E-state index contributed by atoms with van der Waals surface area (Å²) in [6.45, 7) is 2.67. The molecule has 4 unspecified atom stereocenters. The predicted octanol–water partition coefficient (Wildman–Crippen LogP) is 9.21. The van der Waals surface area contributed by atoms with Crippen molar-refractivity contribution in [1.29, 1.82) is 0 Å². The summed E-state index contributed by atoms with van der Waals surface area (Å²) in [4.78, 5) is 14.3. The average Bonchev–Trinajstić information content (AvgIpc) is 3.16. The van der Waals surface area contributed by atoms with E-state index in [9.17, 15) is 9.90 Å². The number of hydrogen-bond donors (Lipinski definition) is 3. The number of carbonyl (C=O) groups is 1. The minimum absolute atomic E-state index is 0.00380. The number of hydrogen-bond acceptors (Lipinski definition) is 6. The zero-order valence-corrected chi connectivity index (χ0v) is 30.9. The van der Waals surface area contributed by atoms with Crippen molar-refractivity contribution in [2.24, 2.45) is 23.7 Å². The van der Waals surface area contributed by atoms with Gasteiger partial charge in [0.25, 0.3) is 0 Å². The van der Waals surface area contributed by atoms with E-state index in [4.69, 9.17) is 14.2 Å².